The second-order valence-corrected chi connectivity index (χ2v) is 6.14. The third-order valence-electron chi connectivity index (χ3n) is 4.17. The van der Waals surface area contributed by atoms with Gasteiger partial charge in [-0.3, -0.25) is 0 Å². The lowest BCUT2D eigenvalue weighted by atomic mass is 9.95. The molecule has 0 bridgehead atoms. The van der Waals surface area contributed by atoms with Gasteiger partial charge in [-0.15, -0.1) is 0 Å². The van der Waals surface area contributed by atoms with Crippen LogP contribution in [0, 0.1) is 27.7 Å². The van der Waals surface area contributed by atoms with Crippen LogP contribution in [-0.2, 0) is 6.42 Å². The van der Waals surface area contributed by atoms with Crippen molar-refractivity contribution in [3.63, 3.8) is 0 Å². The van der Waals surface area contributed by atoms with Crippen molar-refractivity contribution in [2.75, 3.05) is 0 Å². The third-order valence-corrected chi connectivity index (χ3v) is 4.17. The fraction of sp³-hybridized carbons (Fsp3) is 0.300. The summed E-state index contributed by atoms with van der Waals surface area (Å²) in [6.07, 6.45) is 1.74. The lowest BCUT2D eigenvalue weighted by Gasteiger charge is -2.12. The summed E-state index contributed by atoms with van der Waals surface area (Å²) in [7, 11) is 0. The molecule has 2 heteroatoms. The highest BCUT2D eigenvalue weighted by molar-refractivity contribution is 5.66. The maximum absolute atomic E-state index is 9.85. The Bertz CT molecular complexity index is 680. The molecule has 2 aromatic carbocycles. The first kappa shape index (κ1) is 16.2. The van der Waals surface area contributed by atoms with Crippen molar-refractivity contribution in [3.05, 3.63) is 64.2 Å². The standard InChI is InChI=1S/C20H24O2/c1-12(18-10-15(4)20(22)16(5)11-18)6-7-17-8-13(2)19(21)14(3)9-17/h8-11,21-22H,1,6-7H2,2-5H3. The highest BCUT2D eigenvalue weighted by Crippen LogP contribution is 2.29. The van der Waals surface area contributed by atoms with Crippen LogP contribution in [0.5, 0.6) is 11.5 Å². The van der Waals surface area contributed by atoms with E-state index in [4.69, 9.17) is 0 Å². The van der Waals surface area contributed by atoms with E-state index in [0.29, 0.717) is 11.5 Å². The molecule has 2 aromatic rings. The zero-order chi connectivity index (χ0) is 16.4. The summed E-state index contributed by atoms with van der Waals surface area (Å²) >= 11 is 0. The van der Waals surface area contributed by atoms with E-state index < -0.39 is 0 Å². The Hall–Kier alpha value is -2.22. The number of phenols is 2. The summed E-state index contributed by atoms with van der Waals surface area (Å²) in [4.78, 5) is 0. The molecule has 2 nitrogen and oxygen atoms in total. The van der Waals surface area contributed by atoms with Crippen molar-refractivity contribution in [3.8, 4) is 11.5 Å². The lowest BCUT2D eigenvalue weighted by Crippen LogP contribution is -1.93. The number of aryl methyl sites for hydroxylation is 5. The molecule has 0 aromatic heterocycles. The average Bonchev–Trinajstić information content (AvgIpc) is 2.47. The van der Waals surface area contributed by atoms with Gasteiger partial charge >= 0.3 is 0 Å². The first-order chi connectivity index (χ1) is 10.3. The van der Waals surface area contributed by atoms with Crippen LogP contribution in [0.15, 0.2) is 30.8 Å². The van der Waals surface area contributed by atoms with Gasteiger partial charge in [0.1, 0.15) is 11.5 Å². The maximum atomic E-state index is 9.85. The first-order valence-electron chi connectivity index (χ1n) is 7.57. The summed E-state index contributed by atoms with van der Waals surface area (Å²) < 4.78 is 0. The fourth-order valence-electron chi connectivity index (χ4n) is 2.79. The molecule has 0 unspecified atom stereocenters. The second kappa shape index (κ2) is 6.27. The highest BCUT2D eigenvalue weighted by Gasteiger charge is 2.08. The first-order valence-corrected chi connectivity index (χ1v) is 7.57. The molecule has 0 fully saturated rings. The van der Waals surface area contributed by atoms with Crippen LogP contribution in [0.25, 0.3) is 5.57 Å². The van der Waals surface area contributed by atoms with E-state index in [1.165, 1.54) is 5.56 Å². The number of hydrogen-bond acceptors (Lipinski definition) is 2. The molecule has 0 spiro atoms. The van der Waals surface area contributed by atoms with Gasteiger partial charge in [0, 0.05) is 0 Å². The zero-order valence-corrected chi connectivity index (χ0v) is 13.8. The quantitative estimate of drug-likeness (QED) is 0.835. The Morgan fingerprint density at radius 3 is 1.68 bits per heavy atom. The Kier molecular flexibility index (Phi) is 4.60. The van der Waals surface area contributed by atoms with Crippen molar-refractivity contribution in [2.24, 2.45) is 0 Å². The minimum atomic E-state index is 0.362. The molecule has 0 saturated heterocycles. The van der Waals surface area contributed by atoms with Crippen molar-refractivity contribution in [2.45, 2.75) is 40.5 Å². The van der Waals surface area contributed by atoms with Crippen molar-refractivity contribution in [1.29, 1.82) is 0 Å². The van der Waals surface area contributed by atoms with Gasteiger partial charge in [-0.05, 0) is 91.6 Å². The molecule has 0 atom stereocenters. The van der Waals surface area contributed by atoms with Gasteiger partial charge < -0.3 is 10.2 Å². The Balaban J connectivity index is 2.13. The van der Waals surface area contributed by atoms with Gasteiger partial charge in [-0.2, -0.15) is 0 Å². The molecule has 0 radical (unpaired) electrons. The minimum Gasteiger partial charge on any atom is -0.507 e. The van der Waals surface area contributed by atoms with E-state index >= 15 is 0 Å². The van der Waals surface area contributed by atoms with E-state index in [0.717, 1.165) is 46.2 Å². The predicted octanol–water partition coefficient (Wildman–Crippen LogP) is 4.98. The van der Waals surface area contributed by atoms with Crippen LogP contribution in [0.4, 0.5) is 0 Å². The smallest absolute Gasteiger partial charge is 0.121 e. The predicted molar refractivity (Wildman–Crippen MR) is 92.5 cm³/mol. The molecule has 2 N–H and O–H groups in total. The van der Waals surface area contributed by atoms with Crippen LogP contribution in [0.3, 0.4) is 0 Å². The summed E-state index contributed by atoms with van der Waals surface area (Å²) in [6.45, 7) is 11.8. The Morgan fingerprint density at radius 1 is 0.818 bits per heavy atom. The van der Waals surface area contributed by atoms with E-state index in [-0.39, 0.29) is 0 Å². The lowest BCUT2D eigenvalue weighted by molar-refractivity contribution is 0.466. The Labute approximate surface area is 132 Å². The van der Waals surface area contributed by atoms with Crippen LogP contribution in [-0.4, -0.2) is 10.2 Å². The third kappa shape index (κ3) is 3.33. The summed E-state index contributed by atoms with van der Waals surface area (Å²) in [5.74, 6) is 0.744. The second-order valence-electron chi connectivity index (χ2n) is 6.14. The van der Waals surface area contributed by atoms with Gasteiger partial charge in [0.05, 0.1) is 0 Å². The van der Waals surface area contributed by atoms with E-state index in [9.17, 15) is 10.2 Å². The normalized spacial score (nSPS) is 10.7. The van der Waals surface area contributed by atoms with E-state index in [2.05, 4.69) is 6.58 Å². The molecule has 0 aliphatic rings. The summed E-state index contributed by atoms with van der Waals surface area (Å²) in [5.41, 5.74) is 6.95. The summed E-state index contributed by atoms with van der Waals surface area (Å²) in [5, 5.41) is 19.7. The number of hydrogen-bond donors (Lipinski definition) is 2. The topological polar surface area (TPSA) is 40.5 Å². The highest BCUT2D eigenvalue weighted by atomic mass is 16.3. The van der Waals surface area contributed by atoms with Gasteiger partial charge in [0.25, 0.3) is 0 Å². The molecule has 0 heterocycles. The van der Waals surface area contributed by atoms with E-state index in [1.54, 1.807) is 0 Å². The van der Waals surface area contributed by atoms with Crippen LogP contribution in [0.2, 0.25) is 0 Å². The minimum absolute atomic E-state index is 0.362. The fourth-order valence-corrected chi connectivity index (χ4v) is 2.79. The average molecular weight is 296 g/mol. The van der Waals surface area contributed by atoms with Gasteiger partial charge in [0.15, 0.2) is 0 Å². The molecule has 0 saturated carbocycles. The maximum Gasteiger partial charge on any atom is 0.121 e. The zero-order valence-electron chi connectivity index (χ0n) is 13.8. The molecule has 2 rings (SSSR count). The Morgan fingerprint density at radius 2 is 1.23 bits per heavy atom. The SMILES string of the molecule is C=C(CCc1cc(C)c(O)c(C)c1)c1cc(C)c(O)c(C)c1. The van der Waals surface area contributed by atoms with Crippen LogP contribution in [0.1, 0.15) is 39.8 Å². The van der Waals surface area contributed by atoms with Crippen molar-refractivity contribution >= 4 is 5.57 Å². The number of phenolic OH excluding ortho intramolecular Hbond substituents is 2. The monoisotopic (exact) mass is 296 g/mol. The van der Waals surface area contributed by atoms with Gasteiger partial charge in [-0.25, -0.2) is 0 Å². The van der Waals surface area contributed by atoms with E-state index in [1.807, 2.05) is 52.0 Å². The molecule has 116 valence electrons. The van der Waals surface area contributed by atoms with Gasteiger partial charge in [0.2, 0.25) is 0 Å². The van der Waals surface area contributed by atoms with Crippen LogP contribution < -0.4 is 0 Å². The number of aromatic hydroxyl groups is 2. The largest absolute Gasteiger partial charge is 0.507 e. The molecule has 22 heavy (non-hydrogen) atoms. The molecule has 0 amide bonds. The number of allylic oxidation sites excluding steroid dienone is 1. The van der Waals surface area contributed by atoms with Crippen LogP contribution >= 0.6 is 0 Å². The number of benzene rings is 2. The van der Waals surface area contributed by atoms with Crippen molar-refractivity contribution < 1.29 is 10.2 Å². The summed E-state index contributed by atoms with van der Waals surface area (Å²) in [6, 6.07) is 8.03. The molecular formula is C20H24O2. The van der Waals surface area contributed by atoms with Gasteiger partial charge in [-0.1, -0.05) is 18.7 Å². The molecule has 0 aliphatic heterocycles. The molecular weight excluding hydrogens is 272 g/mol. The van der Waals surface area contributed by atoms with Crippen molar-refractivity contribution in [1.82, 2.24) is 0 Å². The molecule has 0 aliphatic carbocycles. The number of rotatable bonds is 4.